The van der Waals surface area contributed by atoms with E-state index >= 15 is 0 Å². The summed E-state index contributed by atoms with van der Waals surface area (Å²) in [6.45, 7) is 5.92. The Morgan fingerprint density at radius 3 is 2.52 bits per heavy atom. The summed E-state index contributed by atoms with van der Waals surface area (Å²) in [5.41, 5.74) is 0. The van der Waals surface area contributed by atoms with Crippen molar-refractivity contribution in [3.05, 3.63) is 24.3 Å². The van der Waals surface area contributed by atoms with Crippen LogP contribution in [0.2, 0.25) is 0 Å². The van der Waals surface area contributed by atoms with Crippen LogP contribution >= 0.6 is 0 Å². The molecule has 1 aromatic carbocycles. The Bertz CT molecular complexity index is 591. The SMILES string of the molecule is CCN1C[C@H](NC(=O)N2CC(Oc3ccccc3OC)C2)[C@@H](OC)C1. The number of likely N-dealkylation sites (N-methyl/N-ethyl adjacent to an activating group) is 1. The van der Waals surface area contributed by atoms with Crippen LogP contribution in [-0.4, -0.2) is 81.0 Å². The fourth-order valence-electron chi connectivity index (χ4n) is 3.31. The van der Waals surface area contributed by atoms with E-state index in [1.165, 1.54) is 0 Å². The Labute approximate surface area is 148 Å². The van der Waals surface area contributed by atoms with Crippen LogP contribution in [0.25, 0.3) is 0 Å². The molecule has 2 aliphatic heterocycles. The first-order valence-electron chi connectivity index (χ1n) is 8.74. The summed E-state index contributed by atoms with van der Waals surface area (Å²) in [5.74, 6) is 1.42. The molecule has 2 atom stereocenters. The molecule has 2 aliphatic rings. The van der Waals surface area contributed by atoms with Gasteiger partial charge in [-0.05, 0) is 18.7 Å². The third kappa shape index (κ3) is 3.99. The van der Waals surface area contributed by atoms with Crippen molar-refractivity contribution >= 4 is 6.03 Å². The first-order chi connectivity index (χ1) is 12.1. The molecule has 1 N–H and O–H groups in total. The van der Waals surface area contributed by atoms with Crippen molar-refractivity contribution in [1.82, 2.24) is 15.1 Å². The van der Waals surface area contributed by atoms with Crippen LogP contribution in [0.3, 0.4) is 0 Å². The number of benzene rings is 1. The van der Waals surface area contributed by atoms with Crippen LogP contribution < -0.4 is 14.8 Å². The zero-order valence-electron chi connectivity index (χ0n) is 15.1. The molecule has 2 amide bonds. The molecule has 2 fully saturated rings. The predicted octanol–water partition coefficient (Wildman–Crippen LogP) is 1.19. The summed E-state index contributed by atoms with van der Waals surface area (Å²) in [5, 5.41) is 3.09. The highest BCUT2D eigenvalue weighted by atomic mass is 16.5. The highest BCUT2D eigenvalue weighted by molar-refractivity contribution is 5.75. The lowest BCUT2D eigenvalue weighted by molar-refractivity contribution is 0.0380. The Balaban J connectivity index is 1.47. The molecule has 3 rings (SSSR count). The van der Waals surface area contributed by atoms with Crippen molar-refractivity contribution in [3.63, 3.8) is 0 Å². The number of likely N-dealkylation sites (tertiary alicyclic amines) is 2. The number of carbonyl (C=O) groups excluding carboxylic acids is 1. The van der Waals surface area contributed by atoms with E-state index in [0.29, 0.717) is 24.6 Å². The molecule has 0 spiro atoms. The summed E-state index contributed by atoms with van der Waals surface area (Å²) >= 11 is 0. The Morgan fingerprint density at radius 2 is 1.88 bits per heavy atom. The van der Waals surface area contributed by atoms with Gasteiger partial charge in [0.25, 0.3) is 0 Å². The van der Waals surface area contributed by atoms with Gasteiger partial charge in [-0.2, -0.15) is 0 Å². The molecule has 7 heteroatoms. The van der Waals surface area contributed by atoms with E-state index in [4.69, 9.17) is 14.2 Å². The van der Waals surface area contributed by atoms with Crippen LogP contribution in [0.1, 0.15) is 6.92 Å². The molecule has 2 saturated heterocycles. The summed E-state index contributed by atoms with van der Waals surface area (Å²) in [6, 6.07) is 7.54. The maximum Gasteiger partial charge on any atom is 0.318 e. The number of ether oxygens (including phenoxy) is 3. The van der Waals surface area contributed by atoms with Gasteiger partial charge in [0.1, 0.15) is 6.10 Å². The maximum atomic E-state index is 12.4. The summed E-state index contributed by atoms with van der Waals surface area (Å²) < 4.78 is 16.7. The van der Waals surface area contributed by atoms with Gasteiger partial charge < -0.3 is 24.4 Å². The average molecular weight is 349 g/mol. The average Bonchev–Trinajstić information content (AvgIpc) is 2.99. The van der Waals surface area contributed by atoms with E-state index in [2.05, 4.69) is 17.1 Å². The number of nitrogens with zero attached hydrogens (tertiary/aromatic N) is 2. The predicted molar refractivity (Wildman–Crippen MR) is 94.2 cm³/mol. The highest BCUT2D eigenvalue weighted by Crippen LogP contribution is 2.28. The van der Waals surface area contributed by atoms with Gasteiger partial charge in [-0.25, -0.2) is 4.79 Å². The van der Waals surface area contributed by atoms with E-state index < -0.39 is 0 Å². The van der Waals surface area contributed by atoms with E-state index in [1.807, 2.05) is 24.3 Å². The van der Waals surface area contributed by atoms with Crippen LogP contribution in [0, 0.1) is 0 Å². The third-order valence-corrected chi connectivity index (χ3v) is 4.90. The van der Waals surface area contributed by atoms with Gasteiger partial charge in [0.15, 0.2) is 11.5 Å². The van der Waals surface area contributed by atoms with Gasteiger partial charge in [0.05, 0.1) is 32.3 Å². The van der Waals surface area contributed by atoms with Gasteiger partial charge in [0, 0.05) is 20.2 Å². The largest absolute Gasteiger partial charge is 0.493 e. The van der Waals surface area contributed by atoms with Gasteiger partial charge >= 0.3 is 6.03 Å². The molecule has 138 valence electrons. The number of para-hydroxylation sites is 2. The molecule has 7 nitrogen and oxygen atoms in total. The first-order valence-corrected chi connectivity index (χ1v) is 8.74. The summed E-state index contributed by atoms with van der Waals surface area (Å²) in [6.07, 6.45) is 0.0433. The number of amides is 2. The Morgan fingerprint density at radius 1 is 1.16 bits per heavy atom. The topological polar surface area (TPSA) is 63.3 Å². The molecule has 0 unspecified atom stereocenters. The van der Waals surface area contributed by atoms with Crippen molar-refractivity contribution in [2.75, 3.05) is 46.9 Å². The molecule has 25 heavy (non-hydrogen) atoms. The van der Waals surface area contributed by atoms with Crippen LogP contribution in [-0.2, 0) is 4.74 Å². The van der Waals surface area contributed by atoms with Crippen molar-refractivity contribution < 1.29 is 19.0 Å². The van der Waals surface area contributed by atoms with Crippen LogP contribution in [0.4, 0.5) is 4.79 Å². The van der Waals surface area contributed by atoms with Crippen molar-refractivity contribution in [1.29, 1.82) is 0 Å². The lowest BCUT2D eigenvalue weighted by Gasteiger charge is -2.39. The monoisotopic (exact) mass is 349 g/mol. The number of carbonyl (C=O) groups is 1. The van der Waals surface area contributed by atoms with Crippen molar-refractivity contribution in [3.8, 4) is 11.5 Å². The Kier molecular flexibility index (Phi) is 5.65. The zero-order valence-corrected chi connectivity index (χ0v) is 15.1. The number of nitrogens with one attached hydrogen (secondary N) is 1. The number of methoxy groups -OCH3 is 2. The molecular formula is C18H27N3O4. The molecule has 1 aromatic rings. The second-order valence-electron chi connectivity index (χ2n) is 6.48. The first kappa shape index (κ1) is 17.8. The molecule has 0 radical (unpaired) electrons. The molecular weight excluding hydrogens is 322 g/mol. The number of urea groups is 1. The van der Waals surface area contributed by atoms with Gasteiger partial charge in [0.2, 0.25) is 0 Å². The smallest absolute Gasteiger partial charge is 0.318 e. The van der Waals surface area contributed by atoms with E-state index in [9.17, 15) is 4.79 Å². The van der Waals surface area contributed by atoms with Gasteiger partial charge in [-0.1, -0.05) is 19.1 Å². The minimum absolute atomic E-state index is 0.00371. The lowest BCUT2D eigenvalue weighted by Crippen LogP contribution is -2.61. The molecule has 0 bridgehead atoms. The summed E-state index contributed by atoms with van der Waals surface area (Å²) in [4.78, 5) is 16.5. The van der Waals surface area contributed by atoms with E-state index in [0.717, 1.165) is 19.6 Å². The van der Waals surface area contributed by atoms with E-state index in [-0.39, 0.29) is 24.3 Å². The maximum absolute atomic E-state index is 12.4. The van der Waals surface area contributed by atoms with Gasteiger partial charge in [-0.3, -0.25) is 4.90 Å². The van der Waals surface area contributed by atoms with Crippen molar-refractivity contribution in [2.24, 2.45) is 0 Å². The molecule has 2 heterocycles. The number of hydrogen-bond acceptors (Lipinski definition) is 5. The highest BCUT2D eigenvalue weighted by Gasteiger charge is 2.37. The third-order valence-electron chi connectivity index (χ3n) is 4.90. The summed E-state index contributed by atoms with van der Waals surface area (Å²) in [7, 11) is 3.32. The normalized spacial score (nSPS) is 24.0. The number of hydrogen-bond donors (Lipinski definition) is 1. The standard InChI is InChI=1S/C18H27N3O4/c1-4-20-11-14(17(12-20)24-3)19-18(22)21-9-13(10-21)25-16-8-6-5-7-15(16)23-2/h5-8,13-14,17H,4,9-12H2,1-3H3,(H,19,22)/t14-,17-/m0/s1. The minimum Gasteiger partial charge on any atom is -0.493 e. The van der Waals surface area contributed by atoms with Gasteiger partial charge in [-0.15, -0.1) is 0 Å². The quantitative estimate of drug-likeness (QED) is 0.836. The number of rotatable bonds is 6. The zero-order chi connectivity index (χ0) is 17.8. The van der Waals surface area contributed by atoms with E-state index in [1.54, 1.807) is 19.1 Å². The Hall–Kier alpha value is -1.99. The van der Waals surface area contributed by atoms with Crippen LogP contribution in [0.15, 0.2) is 24.3 Å². The second kappa shape index (κ2) is 7.93. The van der Waals surface area contributed by atoms with Crippen LogP contribution in [0.5, 0.6) is 11.5 Å². The fourth-order valence-corrected chi connectivity index (χ4v) is 3.31. The minimum atomic E-state index is -0.0510. The lowest BCUT2D eigenvalue weighted by atomic mass is 10.1. The molecule has 0 saturated carbocycles. The second-order valence-corrected chi connectivity index (χ2v) is 6.48. The molecule has 0 aromatic heterocycles. The molecule has 0 aliphatic carbocycles. The van der Waals surface area contributed by atoms with Crippen molar-refractivity contribution in [2.45, 2.75) is 25.2 Å². The fraction of sp³-hybridized carbons (Fsp3) is 0.611.